The molecule has 3 rings (SSSR count). The second kappa shape index (κ2) is 8.27. The number of likely N-dealkylation sites (tertiary alicyclic amines) is 1. The van der Waals surface area contributed by atoms with Crippen LogP contribution >= 0.6 is 0 Å². The van der Waals surface area contributed by atoms with Crippen LogP contribution in [-0.4, -0.2) is 73.4 Å². The molecule has 1 N–H and O–H groups in total. The molecular formula is C20H30N6O5. The standard InChI is InChI=1S/C20H30N6O5/c1-7-13-10-20(13,17(28)30-8-2)21-16(27)14-9-12(15-22-24-25(6)23-15)11-26(14)18(29)31-19(3,4)5/h7,12-14H,1,8-11H2,2-6H3,(H,21,27)/t12-,13-,14?,20?/m1/s1. The molecule has 2 amide bonds. The van der Waals surface area contributed by atoms with E-state index in [1.54, 1.807) is 40.8 Å². The van der Waals surface area contributed by atoms with Crippen LogP contribution in [0.1, 0.15) is 52.3 Å². The summed E-state index contributed by atoms with van der Waals surface area (Å²) in [5.41, 5.74) is -1.87. The maximum Gasteiger partial charge on any atom is 0.410 e. The lowest BCUT2D eigenvalue weighted by Crippen LogP contribution is -2.53. The zero-order valence-corrected chi connectivity index (χ0v) is 18.6. The Morgan fingerprint density at radius 1 is 1.35 bits per heavy atom. The smallest absolute Gasteiger partial charge is 0.410 e. The average Bonchev–Trinajstić information content (AvgIpc) is 3.01. The molecule has 2 fully saturated rings. The third kappa shape index (κ3) is 4.70. The van der Waals surface area contributed by atoms with Crippen LogP contribution in [0, 0.1) is 5.92 Å². The fourth-order valence-electron chi connectivity index (χ4n) is 3.82. The first-order valence-electron chi connectivity index (χ1n) is 10.4. The van der Waals surface area contributed by atoms with Crippen LogP contribution in [0.25, 0.3) is 0 Å². The molecule has 1 aromatic heterocycles. The van der Waals surface area contributed by atoms with Gasteiger partial charge in [-0.25, -0.2) is 9.59 Å². The molecule has 11 heteroatoms. The van der Waals surface area contributed by atoms with Crippen molar-refractivity contribution in [3.05, 3.63) is 18.5 Å². The van der Waals surface area contributed by atoms with Crippen molar-refractivity contribution in [2.24, 2.45) is 13.0 Å². The third-order valence-electron chi connectivity index (χ3n) is 5.41. The molecule has 0 radical (unpaired) electrons. The van der Waals surface area contributed by atoms with Crippen molar-refractivity contribution in [1.29, 1.82) is 0 Å². The molecule has 2 aliphatic rings. The summed E-state index contributed by atoms with van der Waals surface area (Å²) in [5.74, 6) is -1.01. The number of hydrogen-bond acceptors (Lipinski definition) is 8. The van der Waals surface area contributed by atoms with E-state index in [2.05, 4.69) is 27.3 Å². The van der Waals surface area contributed by atoms with Gasteiger partial charge < -0.3 is 14.8 Å². The molecule has 2 heterocycles. The Bertz CT molecular complexity index is 878. The summed E-state index contributed by atoms with van der Waals surface area (Å²) in [4.78, 5) is 41.3. The normalized spacial score (nSPS) is 27.5. The van der Waals surface area contributed by atoms with Crippen molar-refractivity contribution in [3.63, 3.8) is 0 Å². The van der Waals surface area contributed by atoms with Gasteiger partial charge in [0.2, 0.25) is 5.91 Å². The van der Waals surface area contributed by atoms with Crippen LogP contribution in [0.2, 0.25) is 0 Å². The van der Waals surface area contributed by atoms with E-state index in [1.165, 1.54) is 9.70 Å². The molecule has 1 aromatic rings. The number of nitrogens with one attached hydrogen (secondary N) is 1. The summed E-state index contributed by atoms with van der Waals surface area (Å²) >= 11 is 0. The number of carbonyl (C=O) groups excluding carboxylic acids is 3. The van der Waals surface area contributed by atoms with E-state index in [0.29, 0.717) is 12.2 Å². The van der Waals surface area contributed by atoms with E-state index in [9.17, 15) is 14.4 Å². The lowest BCUT2D eigenvalue weighted by atomic mass is 10.0. The number of ether oxygens (including phenoxy) is 2. The summed E-state index contributed by atoms with van der Waals surface area (Å²) < 4.78 is 10.7. The van der Waals surface area contributed by atoms with E-state index >= 15 is 0 Å². The van der Waals surface area contributed by atoms with Crippen molar-refractivity contribution >= 4 is 18.0 Å². The maximum absolute atomic E-state index is 13.3. The van der Waals surface area contributed by atoms with Gasteiger partial charge in [-0.05, 0) is 45.7 Å². The van der Waals surface area contributed by atoms with E-state index in [4.69, 9.17) is 9.47 Å². The minimum atomic E-state index is -1.14. The van der Waals surface area contributed by atoms with Crippen molar-refractivity contribution in [1.82, 2.24) is 30.4 Å². The monoisotopic (exact) mass is 434 g/mol. The molecule has 4 atom stereocenters. The van der Waals surface area contributed by atoms with Gasteiger partial charge in [0.05, 0.1) is 13.7 Å². The van der Waals surface area contributed by atoms with Crippen molar-refractivity contribution < 1.29 is 23.9 Å². The highest BCUT2D eigenvalue weighted by atomic mass is 16.6. The first-order chi connectivity index (χ1) is 14.5. The maximum atomic E-state index is 13.3. The molecule has 1 saturated heterocycles. The predicted molar refractivity (Wildman–Crippen MR) is 109 cm³/mol. The van der Waals surface area contributed by atoms with Gasteiger partial charge in [0.25, 0.3) is 0 Å². The number of tetrazole rings is 1. The van der Waals surface area contributed by atoms with Gasteiger partial charge in [0.15, 0.2) is 5.82 Å². The number of amides is 2. The topological polar surface area (TPSA) is 129 Å². The Hall–Kier alpha value is -2.98. The first-order valence-corrected chi connectivity index (χ1v) is 10.4. The van der Waals surface area contributed by atoms with Crippen LogP contribution in [0.5, 0.6) is 0 Å². The molecular weight excluding hydrogens is 404 g/mol. The van der Waals surface area contributed by atoms with Crippen LogP contribution in [-0.2, 0) is 26.1 Å². The zero-order valence-electron chi connectivity index (χ0n) is 18.6. The number of rotatable bonds is 6. The molecule has 170 valence electrons. The average molecular weight is 434 g/mol. The Balaban J connectivity index is 1.82. The number of carbonyl (C=O) groups is 3. The van der Waals surface area contributed by atoms with Gasteiger partial charge >= 0.3 is 12.1 Å². The number of aryl methyl sites for hydroxylation is 1. The number of hydrogen-bond donors (Lipinski definition) is 1. The van der Waals surface area contributed by atoms with Gasteiger partial charge in [0, 0.05) is 18.4 Å². The number of esters is 1. The lowest BCUT2D eigenvalue weighted by molar-refractivity contribution is -0.149. The summed E-state index contributed by atoms with van der Waals surface area (Å²) in [7, 11) is 1.65. The molecule has 11 nitrogen and oxygen atoms in total. The Labute approximate surface area is 181 Å². The predicted octanol–water partition coefficient (Wildman–Crippen LogP) is 0.927. The van der Waals surface area contributed by atoms with Crippen LogP contribution in [0.15, 0.2) is 12.7 Å². The summed E-state index contributed by atoms with van der Waals surface area (Å²) in [6.07, 6.45) is 1.72. The SMILES string of the molecule is C=C[C@@H]1CC1(NC(=O)C1C[C@@H](c2nnn(C)n2)CN1C(=O)OC(C)(C)C)C(=O)OCC. The molecule has 1 aliphatic heterocycles. The Kier molecular flexibility index (Phi) is 6.06. The first kappa shape index (κ1) is 22.7. The van der Waals surface area contributed by atoms with Crippen molar-refractivity contribution in [2.75, 3.05) is 13.2 Å². The molecule has 31 heavy (non-hydrogen) atoms. The second-order valence-electron chi connectivity index (χ2n) is 8.95. The Morgan fingerprint density at radius 2 is 2.06 bits per heavy atom. The minimum Gasteiger partial charge on any atom is -0.464 e. The van der Waals surface area contributed by atoms with Gasteiger partial charge in [-0.3, -0.25) is 9.69 Å². The van der Waals surface area contributed by atoms with E-state index in [0.717, 1.165) is 0 Å². The molecule has 2 unspecified atom stereocenters. The number of aromatic nitrogens is 4. The summed E-state index contributed by atoms with van der Waals surface area (Å²) in [5, 5.41) is 14.9. The second-order valence-corrected chi connectivity index (χ2v) is 8.95. The highest BCUT2D eigenvalue weighted by Crippen LogP contribution is 2.46. The van der Waals surface area contributed by atoms with Gasteiger partial charge in [0.1, 0.15) is 17.2 Å². The fraction of sp³-hybridized carbons (Fsp3) is 0.700. The van der Waals surface area contributed by atoms with Crippen LogP contribution < -0.4 is 5.32 Å². The van der Waals surface area contributed by atoms with Crippen LogP contribution in [0.3, 0.4) is 0 Å². The van der Waals surface area contributed by atoms with Crippen molar-refractivity contribution in [2.45, 2.75) is 63.6 Å². The van der Waals surface area contributed by atoms with Crippen LogP contribution in [0.4, 0.5) is 4.79 Å². The highest BCUT2D eigenvalue weighted by molar-refractivity contribution is 5.95. The molecule has 0 bridgehead atoms. The molecule has 1 aliphatic carbocycles. The van der Waals surface area contributed by atoms with Gasteiger partial charge in [-0.1, -0.05) is 6.08 Å². The fourth-order valence-corrected chi connectivity index (χ4v) is 3.82. The minimum absolute atomic E-state index is 0.203. The zero-order chi connectivity index (χ0) is 23.0. The molecule has 1 saturated carbocycles. The van der Waals surface area contributed by atoms with E-state index in [1.807, 2.05) is 0 Å². The quantitative estimate of drug-likeness (QED) is 0.517. The summed E-state index contributed by atoms with van der Waals surface area (Å²) in [6, 6.07) is -0.846. The van der Waals surface area contributed by atoms with Gasteiger partial charge in [-0.2, -0.15) is 4.80 Å². The van der Waals surface area contributed by atoms with E-state index < -0.39 is 35.2 Å². The Morgan fingerprint density at radius 3 is 2.58 bits per heavy atom. The number of nitrogens with zero attached hydrogens (tertiary/aromatic N) is 5. The lowest BCUT2D eigenvalue weighted by Gasteiger charge is -2.29. The van der Waals surface area contributed by atoms with Gasteiger partial charge in [-0.15, -0.1) is 16.8 Å². The summed E-state index contributed by atoms with van der Waals surface area (Å²) in [6.45, 7) is 11.1. The largest absolute Gasteiger partial charge is 0.464 e. The highest BCUT2D eigenvalue weighted by Gasteiger charge is 2.62. The van der Waals surface area contributed by atoms with Crippen molar-refractivity contribution in [3.8, 4) is 0 Å². The van der Waals surface area contributed by atoms with E-state index in [-0.39, 0.29) is 31.4 Å². The third-order valence-corrected chi connectivity index (χ3v) is 5.41. The molecule has 0 aromatic carbocycles. The molecule has 0 spiro atoms.